The fraction of sp³-hybridized carbons (Fsp3) is 0.632. The van der Waals surface area contributed by atoms with Gasteiger partial charge in [0.15, 0.2) is 0 Å². The van der Waals surface area contributed by atoms with Crippen LogP contribution in [0.3, 0.4) is 0 Å². The second-order valence-corrected chi connectivity index (χ2v) is 8.58. The number of ether oxygens (including phenoxy) is 1. The maximum absolute atomic E-state index is 11.8. The number of carbonyl (C=O) groups excluding carboxylic acids is 1. The number of thioether (sulfide) groups is 1. The quantitative estimate of drug-likeness (QED) is 0.771. The minimum atomic E-state index is -0.425. The summed E-state index contributed by atoms with van der Waals surface area (Å²) >= 11 is 1.95. The van der Waals surface area contributed by atoms with Gasteiger partial charge in [0.1, 0.15) is 5.60 Å². The Hall–Kier alpha value is -1.16. The molecule has 0 radical (unpaired) electrons. The average molecular weight is 336 g/mol. The minimum absolute atomic E-state index is 0.269. The van der Waals surface area contributed by atoms with Gasteiger partial charge in [0.2, 0.25) is 0 Å². The van der Waals surface area contributed by atoms with Crippen LogP contribution in [0.15, 0.2) is 29.2 Å². The summed E-state index contributed by atoms with van der Waals surface area (Å²) in [6.45, 7) is 7.82. The van der Waals surface area contributed by atoms with Crippen molar-refractivity contribution >= 4 is 17.9 Å². The van der Waals surface area contributed by atoms with Crippen molar-refractivity contribution in [1.29, 1.82) is 0 Å². The van der Waals surface area contributed by atoms with Crippen LogP contribution in [0.5, 0.6) is 0 Å². The van der Waals surface area contributed by atoms with Gasteiger partial charge in [-0.2, -0.15) is 0 Å². The number of aryl methyl sites for hydroxylation is 1. The summed E-state index contributed by atoms with van der Waals surface area (Å²) in [7, 11) is 0. The molecule has 0 spiro atoms. The molecule has 0 saturated heterocycles. The predicted molar refractivity (Wildman–Crippen MR) is 97.0 cm³/mol. The predicted octanol–water partition coefficient (Wildman–Crippen LogP) is 5.17. The first-order chi connectivity index (χ1) is 10.8. The van der Waals surface area contributed by atoms with Gasteiger partial charge < -0.3 is 10.1 Å². The van der Waals surface area contributed by atoms with Crippen LogP contribution in [0.25, 0.3) is 0 Å². The third-order valence-corrected chi connectivity index (χ3v) is 5.27. The van der Waals surface area contributed by atoms with Gasteiger partial charge in [-0.25, -0.2) is 4.79 Å². The highest BCUT2D eigenvalue weighted by Gasteiger charge is 2.24. The molecule has 4 heteroatoms. The maximum atomic E-state index is 11.8. The standard InChI is InChI=1S/C19H29NO2S/c1-14-6-5-7-17(12-14)23-13-15-8-10-16(11-9-15)20-18(21)22-19(2,3)4/h5-7,12,15-16H,8-11,13H2,1-4H3,(H,20,21). The maximum Gasteiger partial charge on any atom is 0.407 e. The number of alkyl carbamates (subject to hydrolysis) is 1. The number of carbonyl (C=O) groups is 1. The Balaban J connectivity index is 1.69. The summed E-state index contributed by atoms with van der Waals surface area (Å²) in [4.78, 5) is 13.2. The fourth-order valence-corrected chi connectivity index (χ4v) is 4.07. The molecule has 1 amide bonds. The van der Waals surface area contributed by atoms with E-state index in [0.717, 1.165) is 18.8 Å². The Bertz CT molecular complexity index is 516. The van der Waals surface area contributed by atoms with Gasteiger partial charge >= 0.3 is 6.09 Å². The van der Waals surface area contributed by atoms with Crippen LogP contribution in [-0.2, 0) is 4.74 Å². The normalized spacial score (nSPS) is 21.7. The van der Waals surface area contributed by atoms with Gasteiger partial charge in [-0.3, -0.25) is 0 Å². The van der Waals surface area contributed by atoms with Crippen molar-refractivity contribution in [2.24, 2.45) is 5.92 Å². The zero-order valence-electron chi connectivity index (χ0n) is 14.7. The van der Waals surface area contributed by atoms with Crippen molar-refractivity contribution in [3.8, 4) is 0 Å². The molecule has 1 fully saturated rings. The number of amides is 1. The summed E-state index contributed by atoms with van der Waals surface area (Å²) in [6.07, 6.45) is 4.19. The summed E-state index contributed by atoms with van der Waals surface area (Å²) in [5.41, 5.74) is 0.895. The van der Waals surface area contributed by atoms with Gasteiger partial charge in [-0.15, -0.1) is 11.8 Å². The second kappa shape index (κ2) is 8.09. The lowest BCUT2D eigenvalue weighted by Crippen LogP contribution is -2.41. The molecule has 128 valence electrons. The zero-order valence-corrected chi connectivity index (χ0v) is 15.5. The lowest BCUT2D eigenvalue weighted by atomic mass is 9.87. The number of hydrogen-bond donors (Lipinski definition) is 1. The fourth-order valence-electron chi connectivity index (χ4n) is 2.87. The largest absolute Gasteiger partial charge is 0.444 e. The van der Waals surface area contributed by atoms with Crippen molar-refractivity contribution in [2.45, 2.75) is 69.9 Å². The van der Waals surface area contributed by atoms with E-state index in [0.29, 0.717) is 0 Å². The first kappa shape index (κ1) is 18.2. The minimum Gasteiger partial charge on any atom is -0.444 e. The van der Waals surface area contributed by atoms with Gasteiger partial charge in [-0.05, 0) is 71.4 Å². The van der Waals surface area contributed by atoms with Crippen molar-refractivity contribution in [1.82, 2.24) is 5.32 Å². The molecular formula is C19H29NO2S. The van der Waals surface area contributed by atoms with E-state index >= 15 is 0 Å². The summed E-state index contributed by atoms with van der Waals surface area (Å²) < 4.78 is 5.33. The van der Waals surface area contributed by atoms with Crippen LogP contribution in [-0.4, -0.2) is 23.5 Å². The highest BCUT2D eigenvalue weighted by atomic mass is 32.2. The van der Waals surface area contributed by atoms with Crippen LogP contribution < -0.4 is 5.32 Å². The Morgan fingerprint density at radius 3 is 2.57 bits per heavy atom. The molecule has 23 heavy (non-hydrogen) atoms. The Morgan fingerprint density at radius 1 is 1.26 bits per heavy atom. The molecule has 0 bridgehead atoms. The summed E-state index contributed by atoms with van der Waals surface area (Å²) in [6, 6.07) is 8.97. The van der Waals surface area contributed by atoms with Gasteiger partial charge in [0, 0.05) is 16.7 Å². The van der Waals surface area contributed by atoms with E-state index < -0.39 is 5.60 Å². The van der Waals surface area contributed by atoms with Crippen molar-refractivity contribution in [2.75, 3.05) is 5.75 Å². The van der Waals surface area contributed by atoms with Crippen molar-refractivity contribution in [3.05, 3.63) is 29.8 Å². The van der Waals surface area contributed by atoms with E-state index in [9.17, 15) is 4.79 Å². The summed E-state index contributed by atoms with van der Waals surface area (Å²) in [5, 5.41) is 3.01. The topological polar surface area (TPSA) is 38.3 Å². The third kappa shape index (κ3) is 6.86. The molecule has 0 atom stereocenters. The molecular weight excluding hydrogens is 306 g/mol. The first-order valence-electron chi connectivity index (χ1n) is 8.51. The van der Waals surface area contributed by atoms with Gasteiger partial charge in [-0.1, -0.05) is 17.7 Å². The third-order valence-electron chi connectivity index (χ3n) is 4.04. The van der Waals surface area contributed by atoms with Crippen LogP contribution in [0.1, 0.15) is 52.0 Å². The Labute approximate surface area is 144 Å². The van der Waals surface area contributed by atoms with E-state index in [-0.39, 0.29) is 12.1 Å². The van der Waals surface area contributed by atoms with Crippen LogP contribution >= 0.6 is 11.8 Å². The smallest absolute Gasteiger partial charge is 0.407 e. The molecule has 3 nitrogen and oxygen atoms in total. The van der Waals surface area contributed by atoms with Crippen LogP contribution in [0.2, 0.25) is 0 Å². The SMILES string of the molecule is Cc1cccc(SCC2CCC(NC(=O)OC(C)(C)C)CC2)c1. The molecule has 0 unspecified atom stereocenters. The van der Waals surface area contributed by atoms with Crippen molar-refractivity contribution in [3.63, 3.8) is 0 Å². The highest BCUT2D eigenvalue weighted by Crippen LogP contribution is 2.30. The molecule has 0 aliphatic heterocycles. The monoisotopic (exact) mass is 335 g/mol. The Morgan fingerprint density at radius 2 is 1.96 bits per heavy atom. The average Bonchev–Trinajstić information content (AvgIpc) is 2.44. The molecule has 0 heterocycles. The molecule has 1 saturated carbocycles. The molecule has 2 rings (SSSR count). The lowest BCUT2D eigenvalue weighted by molar-refractivity contribution is 0.0488. The Kier molecular flexibility index (Phi) is 6.40. The highest BCUT2D eigenvalue weighted by molar-refractivity contribution is 7.99. The van der Waals surface area contributed by atoms with Crippen LogP contribution in [0.4, 0.5) is 4.79 Å². The van der Waals surface area contributed by atoms with E-state index in [1.54, 1.807) is 0 Å². The number of rotatable bonds is 4. The number of benzene rings is 1. The van der Waals surface area contributed by atoms with E-state index in [4.69, 9.17) is 4.74 Å². The zero-order chi connectivity index (χ0) is 16.9. The lowest BCUT2D eigenvalue weighted by Gasteiger charge is -2.30. The molecule has 1 aromatic carbocycles. The first-order valence-corrected chi connectivity index (χ1v) is 9.49. The van der Waals surface area contributed by atoms with Crippen molar-refractivity contribution < 1.29 is 9.53 Å². The van der Waals surface area contributed by atoms with E-state index in [2.05, 4.69) is 36.5 Å². The number of nitrogens with one attached hydrogen (secondary N) is 1. The molecule has 1 aliphatic carbocycles. The van der Waals surface area contributed by atoms with Gasteiger partial charge in [0.25, 0.3) is 0 Å². The molecule has 1 aromatic rings. The van der Waals surface area contributed by atoms with E-state index in [1.807, 2.05) is 32.5 Å². The molecule has 1 N–H and O–H groups in total. The van der Waals surface area contributed by atoms with Gasteiger partial charge in [0.05, 0.1) is 0 Å². The second-order valence-electron chi connectivity index (χ2n) is 7.49. The van der Waals surface area contributed by atoms with Crippen LogP contribution in [0, 0.1) is 12.8 Å². The molecule has 1 aliphatic rings. The number of hydrogen-bond acceptors (Lipinski definition) is 3. The molecule has 0 aromatic heterocycles. The van der Waals surface area contributed by atoms with E-state index in [1.165, 1.54) is 29.1 Å². The summed E-state index contributed by atoms with van der Waals surface area (Å²) in [5.74, 6) is 1.92.